The number of aliphatic hydroxyl groups is 1. The zero-order valence-corrected chi connectivity index (χ0v) is 10.9. The Morgan fingerprint density at radius 3 is 2.75 bits per heavy atom. The van der Waals surface area contributed by atoms with Crippen LogP contribution in [0.4, 0.5) is 0 Å². The van der Waals surface area contributed by atoms with Gasteiger partial charge in [-0.3, -0.25) is 0 Å². The Hall–Kier alpha value is -0.600. The molecule has 1 unspecified atom stereocenters. The van der Waals surface area contributed by atoms with Crippen LogP contribution in [0.2, 0.25) is 0 Å². The molecule has 0 saturated carbocycles. The van der Waals surface area contributed by atoms with Crippen LogP contribution in [-0.4, -0.2) is 5.11 Å². The van der Waals surface area contributed by atoms with E-state index in [-0.39, 0.29) is 0 Å². The minimum absolute atomic E-state index is 0.747. The molecule has 0 spiro atoms. The Bertz CT molecular complexity index is 387. The van der Waals surface area contributed by atoms with Gasteiger partial charge in [0.05, 0.1) is 0 Å². The van der Waals surface area contributed by atoms with Crippen LogP contribution in [0.25, 0.3) is 0 Å². The Morgan fingerprint density at radius 1 is 1.25 bits per heavy atom. The lowest BCUT2D eigenvalue weighted by atomic mass is 9.90. The third-order valence-corrected chi connectivity index (χ3v) is 4.60. The smallest absolute Gasteiger partial charge is 0.117 e. The fourth-order valence-electron chi connectivity index (χ4n) is 2.31. The average Bonchev–Trinajstić information content (AvgIpc) is 2.54. The van der Waals surface area contributed by atoms with E-state index in [1.165, 1.54) is 29.7 Å². The highest BCUT2D eigenvalue weighted by molar-refractivity contribution is 7.12. The Morgan fingerprint density at radius 2 is 2.06 bits per heavy atom. The van der Waals surface area contributed by atoms with E-state index in [1.807, 2.05) is 6.92 Å². The molecule has 88 valence electrons. The molecule has 0 bridgehead atoms. The van der Waals surface area contributed by atoms with Crippen LogP contribution < -0.4 is 0 Å². The molecule has 1 N–H and O–H groups in total. The molecule has 0 aliphatic heterocycles. The van der Waals surface area contributed by atoms with Crippen LogP contribution in [0.3, 0.4) is 0 Å². The van der Waals surface area contributed by atoms with Gasteiger partial charge in [-0.25, -0.2) is 0 Å². The van der Waals surface area contributed by atoms with Crippen molar-refractivity contribution in [1.82, 2.24) is 0 Å². The second kappa shape index (κ2) is 4.72. The van der Waals surface area contributed by atoms with Gasteiger partial charge in [-0.1, -0.05) is 12.5 Å². The van der Waals surface area contributed by atoms with E-state index in [0.717, 1.165) is 17.7 Å². The normalized spacial score (nSPS) is 21.1. The van der Waals surface area contributed by atoms with E-state index in [0.29, 0.717) is 0 Å². The SMILES string of the molecule is Cc1ccc(C(C)(O)C2=CCCCCC2)s1. The van der Waals surface area contributed by atoms with Crippen molar-refractivity contribution in [3.8, 4) is 0 Å². The molecule has 0 amide bonds. The molecule has 1 aliphatic carbocycles. The summed E-state index contributed by atoms with van der Waals surface area (Å²) < 4.78 is 0. The third-order valence-electron chi connectivity index (χ3n) is 3.39. The zero-order chi connectivity index (χ0) is 11.6. The summed E-state index contributed by atoms with van der Waals surface area (Å²) >= 11 is 1.70. The monoisotopic (exact) mass is 236 g/mol. The first-order valence-corrected chi connectivity index (χ1v) is 6.91. The molecule has 2 heteroatoms. The topological polar surface area (TPSA) is 20.2 Å². The summed E-state index contributed by atoms with van der Waals surface area (Å²) in [5.41, 5.74) is 0.468. The van der Waals surface area contributed by atoms with Crippen molar-refractivity contribution in [2.45, 2.75) is 51.6 Å². The third kappa shape index (κ3) is 2.38. The van der Waals surface area contributed by atoms with E-state index in [2.05, 4.69) is 25.1 Å². The van der Waals surface area contributed by atoms with E-state index in [9.17, 15) is 5.11 Å². The first kappa shape index (κ1) is 11.9. The van der Waals surface area contributed by atoms with Crippen molar-refractivity contribution in [3.63, 3.8) is 0 Å². The molecule has 16 heavy (non-hydrogen) atoms. The van der Waals surface area contributed by atoms with E-state index in [1.54, 1.807) is 11.3 Å². The second-order valence-electron chi connectivity index (χ2n) is 4.81. The molecule has 0 fully saturated rings. The van der Waals surface area contributed by atoms with Crippen molar-refractivity contribution >= 4 is 11.3 Å². The summed E-state index contributed by atoms with van der Waals surface area (Å²) in [6.45, 7) is 4.03. The van der Waals surface area contributed by atoms with Gasteiger partial charge in [0.15, 0.2) is 0 Å². The molecular weight excluding hydrogens is 216 g/mol. The first-order valence-electron chi connectivity index (χ1n) is 6.09. The Balaban J connectivity index is 2.26. The standard InChI is InChI=1S/C14H20OS/c1-11-9-10-13(16-11)14(2,15)12-7-5-3-4-6-8-12/h7,9-10,15H,3-6,8H2,1-2H3. The predicted octanol–water partition coefficient (Wildman–Crippen LogP) is 4.15. The maximum absolute atomic E-state index is 10.7. The fraction of sp³-hybridized carbons (Fsp3) is 0.571. The zero-order valence-electron chi connectivity index (χ0n) is 10.1. The predicted molar refractivity (Wildman–Crippen MR) is 69.8 cm³/mol. The highest BCUT2D eigenvalue weighted by Crippen LogP contribution is 2.37. The minimum atomic E-state index is -0.747. The van der Waals surface area contributed by atoms with Crippen molar-refractivity contribution < 1.29 is 5.11 Å². The summed E-state index contributed by atoms with van der Waals surface area (Å²) in [5.74, 6) is 0. The summed E-state index contributed by atoms with van der Waals surface area (Å²) in [6.07, 6.45) is 8.19. The molecule has 2 rings (SSSR count). The van der Waals surface area contributed by atoms with Gasteiger partial charge >= 0.3 is 0 Å². The highest BCUT2D eigenvalue weighted by Gasteiger charge is 2.29. The molecule has 1 nitrogen and oxygen atoms in total. The van der Waals surface area contributed by atoms with Gasteiger partial charge in [-0.15, -0.1) is 11.3 Å². The van der Waals surface area contributed by atoms with Crippen molar-refractivity contribution in [2.75, 3.05) is 0 Å². The van der Waals surface area contributed by atoms with Crippen LogP contribution in [0, 0.1) is 6.92 Å². The first-order chi connectivity index (χ1) is 7.60. The summed E-state index contributed by atoms with van der Waals surface area (Å²) in [5, 5.41) is 10.7. The number of thiophene rings is 1. The van der Waals surface area contributed by atoms with Crippen molar-refractivity contribution in [3.05, 3.63) is 33.5 Å². The Labute approximate surface area is 102 Å². The minimum Gasteiger partial charge on any atom is -0.380 e. The average molecular weight is 236 g/mol. The lowest BCUT2D eigenvalue weighted by Crippen LogP contribution is -2.22. The lowest BCUT2D eigenvalue weighted by Gasteiger charge is -2.25. The van der Waals surface area contributed by atoms with Gasteiger partial charge in [-0.2, -0.15) is 0 Å². The van der Waals surface area contributed by atoms with Gasteiger partial charge < -0.3 is 5.11 Å². The number of hydrogen-bond donors (Lipinski definition) is 1. The summed E-state index contributed by atoms with van der Waals surface area (Å²) in [6, 6.07) is 4.15. The summed E-state index contributed by atoms with van der Waals surface area (Å²) in [7, 11) is 0. The second-order valence-corrected chi connectivity index (χ2v) is 6.10. The fourth-order valence-corrected chi connectivity index (χ4v) is 3.26. The molecule has 1 aromatic heterocycles. The lowest BCUT2D eigenvalue weighted by molar-refractivity contribution is 0.0971. The summed E-state index contributed by atoms with van der Waals surface area (Å²) in [4.78, 5) is 2.35. The quantitative estimate of drug-likeness (QED) is 0.765. The van der Waals surface area contributed by atoms with Crippen LogP contribution in [0.1, 0.15) is 48.8 Å². The van der Waals surface area contributed by atoms with E-state index < -0.39 is 5.60 Å². The molecule has 1 aliphatic rings. The number of allylic oxidation sites excluding steroid dienone is 1. The number of hydrogen-bond acceptors (Lipinski definition) is 2. The molecular formula is C14H20OS. The maximum Gasteiger partial charge on any atom is 0.117 e. The van der Waals surface area contributed by atoms with Crippen LogP contribution in [-0.2, 0) is 5.60 Å². The van der Waals surface area contributed by atoms with Crippen molar-refractivity contribution in [2.24, 2.45) is 0 Å². The molecule has 1 atom stereocenters. The van der Waals surface area contributed by atoms with E-state index in [4.69, 9.17) is 0 Å². The molecule has 1 heterocycles. The maximum atomic E-state index is 10.7. The number of rotatable bonds is 2. The molecule has 1 aromatic rings. The van der Waals surface area contributed by atoms with Gasteiger partial charge in [0.1, 0.15) is 5.60 Å². The van der Waals surface area contributed by atoms with Gasteiger partial charge in [0.25, 0.3) is 0 Å². The Kier molecular flexibility index (Phi) is 3.50. The van der Waals surface area contributed by atoms with Gasteiger partial charge in [0.2, 0.25) is 0 Å². The molecule has 0 radical (unpaired) electrons. The van der Waals surface area contributed by atoms with Gasteiger partial charge in [-0.05, 0) is 57.2 Å². The largest absolute Gasteiger partial charge is 0.380 e. The number of aryl methyl sites for hydroxylation is 1. The van der Waals surface area contributed by atoms with Gasteiger partial charge in [0, 0.05) is 9.75 Å². The van der Waals surface area contributed by atoms with Crippen molar-refractivity contribution in [1.29, 1.82) is 0 Å². The van der Waals surface area contributed by atoms with Crippen LogP contribution in [0.15, 0.2) is 23.8 Å². The van der Waals surface area contributed by atoms with Crippen LogP contribution in [0.5, 0.6) is 0 Å². The molecule has 0 aromatic carbocycles. The highest BCUT2D eigenvalue weighted by atomic mass is 32.1. The van der Waals surface area contributed by atoms with E-state index >= 15 is 0 Å². The van der Waals surface area contributed by atoms with Crippen LogP contribution >= 0.6 is 11.3 Å². The molecule has 0 saturated heterocycles.